The van der Waals surface area contributed by atoms with E-state index < -0.39 is 0 Å². The second-order valence-electron chi connectivity index (χ2n) is 2.77. The number of aromatic nitrogens is 4. The van der Waals surface area contributed by atoms with Gasteiger partial charge in [-0.3, -0.25) is 0 Å². The Hall–Kier alpha value is -0.200. The lowest BCUT2D eigenvalue weighted by Gasteiger charge is -1.96. The van der Waals surface area contributed by atoms with Gasteiger partial charge in [-0.15, -0.1) is 5.10 Å². The maximum Gasteiger partial charge on any atom is 0.162 e. The molecule has 1 aromatic rings. The largest absolute Gasteiger partial charge is 0.168 e. The first-order valence-electron chi connectivity index (χ1n) is 4.28. The number of nitrogens with zero attached hydrogens (tertiary/aromatic N) is 4. The Morgan fingerprint density at radius 3 is 2.75 bits per heavy atom. The van der Waals surface area contributed by atoms with Crippen molar-refractivity contribution in [2.24, 2.45) is 0 Å². The zero-order valence-electron chi connectivity index (χ0n) is 7.20. The number of unbranched alkanes of at least 4 members (excludes halogenated alkanes) is 3. The summed E-state index contributed by atoms with van der Waals surface area (Å²) in [5, 5.41) is 11.2. The van der Waals surface area contributed by atoms with Crippen LogP contribution in [0.5, 0.6) is 0 Å². The molecule has 0 fully saturated rings. The number of hydrogen-bond donors (Lipinski definition) is 0. The zero-order valence-corrected chi connectivity index (χ0v) is 9.36. The molecule has 0 aliphatic carbocycles. The Labute approximate surface area is 86.2 Å². The van der Waals surface area contributed by atoms with Crippen molar-refractivity contribution < 1.29 is 0 Å². The van der Waals surface area contributed by atoms with Gasteiger partial charge in [0, 0.05) is 6.42 Å². The smallest absolute Gasteiger partial charge is 0.162 e. The summed E-state index contributed by atoms with van der Waals surface area (Å²) in [4.78, 5) is 0. The van der Waals surface area contributed by atoms with Gasteiger partial charge in [-0.25, -0.2) is 0 Å². The van der Waals surface area contributed by atoms with Gasteiger partial charge in [0.25, 0.3) is 0 Å². The van der Waals surface area contributed by atoms with Crippen LogP contribution in [-0.4, -0.2) is 18.4 Å². The van der Waals surface area contributed by atoms with Crippen molar-refractivity contribution in [2.45, 2.75) is 39.0 Å². The van der Waals surface area contributed by atoms with E-state index in [4.69, 9.17) is 0 Å². The fraction of sp³-hybridized carbons (Fsp3) is 0.857. The van der Waals surface area contributed by atoms with E-state index in [-0.39, 0.29) is 0 Å². The SMILES string of the molecule is CCCCCCc1nnnn1I. The van der Waals surface area contributed by atoms with Crippen LogP contribution in [0.25, 0.3) is 0 Å². The normalized spacial score (nSPS) is 10.5. The molecule has 0 unspecified atom stereocenters. The van der Waals surface area contributed by atoms with Crippen LogP contribution in [0.1, 0.15) is 38.4 Å². The highest BCUT2D eigenvalue weighted by Gasteiger charge is 2.01. The summed E-state index contributed by atoms with van der Waals surface area (Å²) in [6.07, 6.45) is 6.05. The standard InChI is InChI=1S/C7H13IN4/c1-2-3-4-5-6-7-9-10-11-12(7)8/h2-6H2,1H3. The molecule has 0 atom stereocenters. The summed E-state index contributed by atoms with van der Waals surface area (Å²) in [6.45, 7) is 2.21. The molecule has 0 saturated heterocycles. The summed E-state index contributed by atoms with van der Waals surface area (Å²) in [5.41, 5.74) is 0. The van der Waals surface area contributed by atoms with Crippen LogP contribution >= 0.6 is 22.9 Å². The van der Waals surface area contributed by atoms with Gasteiger partial charge in [0.05, 0.1) is 22.9 Å². The lowest BCUT2D eigenvalue weighted by molar-refractivity contribution is 0.651. The lowest BCUT2D eigenvalue weighted by atomic mass is 10.1. The number of aryl methyl sites for hydroxylation is 1. The molecular weight excluding hydrogens is 267 g/mol. The summed E-state index contributed by atoms with van der Waals surface area (Å²) in [7, 11) is 0. The molecule has 0 saturated carbocycles. The second-order valence-corrected chi connectivity index (χ2v) is 3.68. The number of rotatable bonds is 5. The van der Waals surface area contributed by atoms with Crippen molar-refractivity contribution in [1.29, 1.82) is 0 Å². The Morgan fingerprint density at radius 2 is 2.17 bits per heavy atom. The fourth-order valence-electron chi connectivity index (χ4n) is 1.05. The molecule has 0 aliphatic heterocycles. The number of halogens is 1. The highest BCUT2D eigenvalue weighted by Crippen LogP contribution is 2.05. The van der Waals surface area contributed by atoms with E-state index in [9.17, 15) is 0 Å². The second kappa shape index (κ2) is 5.45. The molecule has 1 rings (SSSR count). The van der Waals surface area contributed by atoms with E-state index in [1.165, 1.54) is 25.7 Å². The first-order chi connectivity index (χ1) is 5.84. The van der Waals surface area contributed by atoms with E-state index >= 15 is 0 Å². The monoisotopic (exact) mass is 280 g/mol. The molecule has 0 spiro atoms. The van der Waals surface area contributed by atoms with Crippen molar-refractivity contribution in [3.05, 3.63) is 5.82 Å². The van der Waals surface area contributed by atoms with Crippen LogP contribution in [0.2, 0.25) is 0 Å². The highest BCUT2D eigenvalue weighted by molar-refractivity contribution is 14.1. The average molecular weight is 280 g/mol. The number of hydrogen-bond acceptors (Lipinski definition) is 3. The average Bonchev–Trinajstić information content (AvgIpc) is 2.46. The zero-order chi connectivity index (χ0) is 8.81. The van der Waals surface area contributed by atoms with Gasteiger partial charge < -0.3 is 0 Å². The summed E-state index contributed by atoms with van der Waals surface area (Å²) < 4.78 is 1.71. The van der Waals surface area contributed by atoms with Gasteiger partial charge >= 0.3 is 0 Å². The molecule has 68 valence electrons. The third-order valence-corrected chi connectivity index (χ3v) is 2.50. The van der Waals surface area contributed by atoms with E-state index in [0.717, 1.165) is 12.2 Å². The first-order valence-corrected chi connectivity index (χ1v) is 5.24. The van der Waals surface area contributed by atoms with Crippen LogP contribution in [0, 0.1) is 0 Å². The highest BCUT2D eigenvalue weighted by atomic mass is 127. The minimum atomic E-state index is 0.978. The molecule has 0 bridgehead atoms. The molecule has 5 heteroatoms. The Kier molecular flexibility index (Phi) is 4.49. The van der Waals surface area contributed by atoms with Gasteiger partial charge in [0.2, 0.25) is 0 Å². The van der Waals surface area contributed by atoms with Gasteiger partial charge in [0.15, 0.2) is 5.82 Å². The van der Waals surface area contributed by atoms with Gasteiger partial charge in [-0.2, -0.15) is 2.90 Å². The van der Waals surface area contributed by atoms with Crippen molar-refractivity contribution in [3.63, 3.8) is 0 Å². The summed E-state index contributed by atoms with van der Waals surface area (Å²) in [6, 6.07) is 0. The van der Waals surface area contributed by atoms with Crippen LogP contribution < -0.4 is 0 Å². The summed E-state index contributed by atoms with van der Waals surface area (Å²) >= 11 is 2.10. The maximum atomic E-state index is 3.91. The third kappa shape index (κ3) is 3.04. The minimum Gasteiger partial charge on any atom is -0.168 e. The maximum absolute atomic E-state index is 3.91. The first kappa shape index (κ1) is 9.88. The predicted octanol–water partition coefficient (Wildman–Crippen LogP) is 1.99. The van der Waals surface area contributed by atoms with Gasteiger partial charge in [-0.05, 0) is 16.8 Å². The molecule has 12 heavy (non-hydrogen) atoms. The molecule has 0 aliphatic rings. The number of tetrazole rings is 1. The summed E-state index contributed by atoms with van der Waals surface area (Å²) in [5.74, 6) is 0.978. The van der Waals surface area contributed by atoms with Crippen molar-refractivity contribution >= 4 is 22.9 Å². The molecule has 0 radical (unpaired) electrons. The Morgan fingerprint density at radius 1 is 1.33 bits per heavy atom. The topological polar surface area (TPSA) is 43.6 Å². The minimum absolute atomic E-state index is 0.978. The van der Waals surface area contributed by atoms with Gasteiger partial charge in [0.1, 0.15) is 0 Å². The van der Waals surface area contributed by atoms with Crippen LogP contribution in [0.3, 0.4) is 0 Å². The predicted molar refractivity (Wildman–Crippen MR) is 55.1 cm³/mol. The van der Waals surface area contributed by atoms with E-state index in [1.807, 2.05) is 0 Å². The molecular formula is C7H13IN4. The van der Waals surface area contributed by atoms with E-state index in [1.54, 1.807) is 2.90 Å². The molecule has 1 heterocycles. The Balaban J connectivity index is 2.20. The van der Waals surface area contributed by atoms with Crippen LogP contribution in [0.15, 0.2) is 0 Å². The quantitative estimate of drug-likeness (QED) is 0.612. The van der Waals surface area contributed by atoms with E-state index in [2.05, 4.69) is 45.3 Å². The van der Waals surface area contributed by atoms with E-state index in [0.29, 0.717) is 0 Å². The fourth-order valence-corrected chi connectivity index (χ4v) is 1.47. The molecule has 0 amide bonds. The van der Waals surface area contributed by atoms with Crippen LogP contribution in [-0.2, 0) is 6.42 Å². The third-order valence-electron chi connectivity index (χ3n) is 1.75. The van der Waals surface area contributed by atoms with Crippen molar-refractivity contribution in [2.75, 3.05) is 0 Å². The Bertz CT molecular complexity index is 223. The van der Waals surface area contributed by atoms with Crippen molar-refractivity contribution in [3.8, 4) is 0 Å². The van der Waals surface area contributed by atoms with Crippen molar-refractivity contribution in [1.82, 2.24) is 18.4 Å². The molecule has 0 N–H and O–H groups in total. The molecule has 1 aromatic heterocycles. The van der Waals surface area contributed by atoms with Gasteiger partial charge in [-0.1, -0.05) is 26.2 Å². The molecule has 4 nitrogen and oxygen atoms in total. The lowest BCUT2D eigenvalue weighted by Crippen LogP contribution is -1.94. The molecule has 0 aromatic carbocycles. The van der Waals surface area contributed by atoms with Crippen LogP contribution in [0.4, 0.5) is 0 Å².